The Balaban J connectivity index is 1.93. The normalized spacial score (nSPS) is 35.9. The lowest BCUT2D eigenvalue weighted by atomic mass is 9.84. The van der Waals surface area contributed by atoms with Gasteiger partial charge in [0, 0.05) is 6.04 Å². The summed E-state index contributed by atoms with van der Waals surface area (Å²) < 4.78 is 0. The number of likely N-dealkylation sites (N-methyl/N-ethyl adjacent to an activating group) is 1. The second-order valence-electron chi connectivity index (χ2n) is 6.20. The van der Waals surface area contributed by atoms with Crippen molar-refractivity contribution in [1.82, 2.24) is 10.2 Å². The zero-order valence-corrected chi connectivity index (χ0v) is 12.5. The molecule has 0 aromatic heterocycles. The van der Waals surface area contributed by atoms with Gasteiger partial charge in [-0.15, -0.1) is 0 Å². The zero-order valence-electron chi connectivity index (χ0n) is 12.5. The highest BCUT2D eigenvalue weighted by Gasteiger charge is 2.46. The number of carbonyl (C=O) groups excluding carboxylic acids is 1. The fourth-order valence-corrected chi connectivity index (χ4v) is 4.22. The van der Waals surface area contributed by atoms with E-state index < -0.39 is 5.54 Å². The number of amides is 1. The van der Waals surface area contributed by atoms with Crippen molar-refractivity contribution in [3.63, 3.8) is 0 Å². The van der Waals surface area contributed by atoms with Crippen LogP contribution in [0.25, 0.3) is 0 Å². The van der Waals surface area contributed by atoms with E-state index in [1.54, 1.807) is 0 Å². The number of likely N-dealkylation sites (tertiary alicyclic amines) is 1. The molecular weight excluding hydrogens is 238 g/mol. The molecule has 2 fully saturated rings. The van der Waals surface area contributed by atoms with Crippen molar-refractivity contribution in [3.8, 4) is 0 Å². The van der Waals surface area contributed by atoms with Crippen LogP contribution in [0.1, 0.15) is 51.9 Å². The third kappa shape index (κ3) is 2.79. The number of hydrogen-bond acceptors (Lipinski definition) is 3. The topological polar surface area (TPSA) is 58.4 Å². The van der Waals surface area contributed by atoms with E-state index in [0.717, 1.165) is 38.3 Å². The first-order valence-corrected chi connectivity index (χ1v) is 7.87. The molecule has 0 spiro atoms. The van der Waals surface area contributed by atoms with E-state index in [2.05, 4.69) is 17.1 Å². The van der Waals surface area contributed by atoms with Gasteiger partial charge in [-0.2, -0.15) is 0 Å². The number of nitrogens with zero attached hydrogens (tertiary/aromatic N) is 1. The monoisotopic (exact) mass is 267 g/mol. The lowest BCUT2D eigenvalue weighted by Gasteiger charge is -2.34. The largest absolute Gasteiger partial charge is 0.368 e. The molecule has 1 saturated carbocycles. The first-order valence-electron chi connectivity index (χ1n) is 7.87. The summed E-state index contributed by atoms with van der Waals surface area (Å²) in [5, 5.41) is 3.23. The molecule has 0 bridgehead atoms. The van der Waals surface area contributed by atoms with Crippen LogP contribution in [0, 0.1) is 5.92 Å². The van der Waals surface area contributed by atoms with Crippen LogP contribution in [-0.2, 0) is 4.79 Å². The smallest absolute Gasteiger partial charge is 0.238 e. The second-order valence-corrected chi connectivity index (χ2v) is 6.20. The predicted molar refractivity (Wildman–Crippen MR) is 77.8 cm³/mol. The van der Waals surface area contributed by atoms with E-state index in [1.807, 2.05) is 7.05 Å². The fourth-order valence-electron chi connectivity index (χ4n) is 4.22. The Labute approximate surface area is 117 Å². The summed E-state index contributed by atoms with van der Waals surface area (Å²) in [4.78, 5) is 14.4. The van der Waals surface area contributed by atoms with Crippen molar-refractivity contribution >= 4 is 5.91 Å². The summed E-state index contributed by atoms with van der Waals surface area (Å²) in [7, 11) is 1.88. The summed E-state index contributed by atoms with van der Waals surface area (Å²) in [6, 6.07) is 0.763. The zero-order chi connectivity index (χ0) is 13.9. The van der Waals surface area contributed by atoms with Gasteiger partial charge in [-0.25, -0.2) is 0 Å². The van der Waals surface area contributed by atoms with Gasteiger partial charge in [0.1, 0.15) is 5.54 Å². The van der Waals surface area contributed by atoms with Crippen LogP contribution in [0.15, 0.2) is 0 Å². The van der Waals surface area contributed by atoms with Crippen LogP contribution in [0.2, 0.25) is 0 Å². The number of nitrogens with two attached hydrogens (primary N) is 1. The lowest BCUT2D eigenvalue weighted by molar-refractivity contribution is -0.125. The Morgan fingerprint density at radius 1 is 1.42 bits per heavy atom. The molecule has 2 rings (SSSR count). The van der Waals surface area contributed by atoms with Gasteiger partial charge in [-0.1, -0.05) is 13.3 Å². The van der Waals surface area contributed by atoms with Gasteiger partial charge in [0.15, 0.2) is 0 Å². The molecule has 3 unspecified atom stereocenters. The average Bonchev–Trinajstić information content (AvgIpc) is 3.02. The van der Waals surface area contributed by atoms with Crippen molar-refractivity contribution in [3.05, 3.63) is 0 Å². The van der Waals surface area contributed by atoms with Crippen LogP contribution in [0.4, 0.5) is 0 Å². The molecule has 19 heavy (non-hydrogen) atoms. The number of primary amides is 1. The Hall–Kier alpha value is -0.610. The third-order valence-corrected chi connectivity index (χ3v) is 5.44. The molecule has 1 aliphatic carbocycles. The maximum Gasteiger partial charge on any atom is 0.238 e. The number of carbonyl (C=O) groups is 1. The first-order chi connectivity index (χ1) is 9.14. The summed E-state index contributed by atoms with van der Waals surface area (Å²) in [6.07, 6.45) is 8.17. The molecule has 3 N–H and O–H groups in total. The van der Waals surface area contributed by atoms with Crippen molar-refractivity contribution in [1.29, 1.82) is 0 Å². The van der Waals surface area contributed by atoms with Crippen LogP contribution in [-0.4, -0.2) is 42.5 Å². The van der Waals surface area contributed by atoms with Crippen molar-refractivity contribution in [2.24, 2.45) is 11.7 Å². The SMILES string of the molecule is CCC1CCCN1CCC1CCCC1(NC)C(N)=O. The van der Waals surface area contributed by atoms with Crippen molar-refractivity contribution in [2.75, 3.05) is 20.1 Å². The van der Waals surface area contributed by atoms with E-state index in [4.69, 9.17) is 5.73 Å². The van der Waals surface area contributed by atoms with Gasteiger partial charge in [0.2, 0.25) is 5.91 Å². The van der Waals surface area contributed by atoms with Gasteiger partial charge in [-0.3, -0.25) is 4.79 Å². The molecular formula is C15H29N3O. The molecule has 3 atom stereocenters. The Morgan fingerprint density at radius 2 is 2.21 bits per heavy atom. The first kappa shape index (κ1) is 14.8. The highest BCUT2D eigenvalue weighted by Crippen LogP contribution is 2.38. The minimum atomic E-state index is -0.443. The van der Waals surface area contributed by atoms with E-state index in [1.165, 1.54) is 25.8 Å². The number of nitrogens with one attached hydrogen (secondary N) is 1. The molecule has 0 aromatic rings. The van der Waals surface area contributed by atoms with E-state index in [0.29, 0.717) is 5.92 Å². The molecule has 0 aromatic carbocycles. The molecule has 2 aliphatic rings. The Bertz CT molecular complexity index is 321. The summed E-state index contributed by atoms with van der Waals surface area (Å²) in [5.41, 5.74) is 5.21. The average molecular weight is 267 g/mol. The van der Waals surface area contributed by atoms with Gasteiger partial charge < -0.3 is 16.0 Å². The molecule has 4 heteroatoms. The molecule has 4 nitrogen and oxygen atoms in total. The van der Waals surface area contributed by atoms with Crippen molar-refractivity contribution in [2.45, 2.75) is 63.5 Å². The van der Waals surface area contributed by atoms with Gasteiger partial charge >= 0.3 is 0 Å². The molecule has 1 saturated heterocycles. The summed E-state index contributed by atoms with van der Waals surface area (Å²) in [6.45, 7) is 4.63. The molecule has 1 heterocycles. The molecule has 1 amide bonds. The maximum absolute atomic E-state index is 11.8. The minimum absolute atomic E-state index is 0.161. The number of hydrogen-bond donors (Lipinski definition) is 2. The molecule has 0 radical (unpaired) electrons. The van der Waals surface area contributed by atoms with Gasteiger partial charge in [0.25, 0.3) is 0 Å². The third-order valence-electron chi connectivity index (χ3n) is 5.44. The van der Waals surface area contributed by atoms with E-state index >= 15 is 0 Å². The van der Waals surface area contributed by atoms with E-state index in [9.17, 15) is 4.79 Å². The molecule has 1 aliphatic heterocycles. The molecule has 110 valence electrons. The highest BCUT2D eigenvalue weighted by molar-refractivity contribution is 5.85. The Kier molecular flexibility index (Phi) is 4.85. The standard InChI is InChI=1S/C15H29N3O/c1-3-13-7-5-10-18(13)11-8-12-6-4-9-15(12,17-2)14(16)19/h12-13,17H,3-11H2,1-2H3,(H2,16,19). The highest BCUT2D eigenvalue weighted by atomic mass is 16.1. The fraction of sp³-hybridized carbons (Fsp3) is 0.933. The van der Waals surface area contributed by atoms with E-state index in [-0.39, 0.29) is 5.91 Å². The lowest BCUT2D eigenvalue weighted by Crippen LogP contribution is -2.57. The summed E-state index contributed by atoms with van der Waals surface area (Å²) >= 11 is 0. The Morgan fingerprint density at radius 3 is 2.84 bits per heavy atom. The van der Waals surface area contributed by atoms with Crippen LogP contribution in [0.5, 0.6) is 0 Å². The minimum Gasteiger partial charge on any atom is -0.368 e. The van der Waals surface area contributed by atoms with Gasteiger partial charge in [0.05, 0.1) is 0 Å². The predicted octanol–water partition coefficient (Wildman–Crippen LogP) is 1.49. The second kappa shape index (κ2) is 6.23. The quantitative estimate of drug-likeness (QED) is 0.766. The number of rotatable bonds is 6. The van der Waals surface area contributed by atoms with Crippen LogP contribution in [0.3, 0.4) is 0 Å². The van der Waals surface area contributed by atoms with Crippen LogP contribution >= 0.6 is 0 Å². The summed E-state index contributed by atoms with van der Waals surface area (Å²) in [5.74, 6) is 0.249. The maximum atomic E-state index is 11.8. The van der Waals surface area contributed by atoms with Crippen molar-refractivity contribution < 1.29 is 4.79 Å². The van der Waals surface area contributed by atoms with Gasteiger partial charge in [-0.05, 0) is 64.6 Å². The van der Waals surface area contributed by atoms with Crippen LogP contribution < -0.4 is 11.1 Å².